The van der Waals surface area contributed by atoms with E-state index in [0.29, 0.717) is 30.0 Å². The molecule has 2 fully saturated rings. The zero-order chi connectivity index (χ0) is 22.7. The van der Waals surface area contributed by atoms with E-state index in [9.17, 15) is 14.4 Å². The number of nitrogens with zero attached hydrogens (tertiary/aromatic N) is 1. The van der Waals surface area contributed by atoms with Crippen LogP contribution in [0.1, 0.15) is 54.8 Å². The molecule has 170 valence electrons. The van der Waals surface area contributed by atoms with Gasteiger partial charge in [-0.15, -0.1) is 0 Å². The number of benzene rings is 1. The topological polar surface area (TPSA) is 98.1 Å². The van der Waals surface area contributed by atoms with Gasteiger partial charge in [-0.25, -0.2) is 0 Å². The number of carbonyl (C=O) groups is 3. The largest absolute Gasteiger partial charge is 0.497 e. The van der Waals surface area contributed by atoms with Crippen molar-refractivity contribution in [3.63, 3.8) is 0 Å². The van der Waals surface area contributed by atoms with Crippen LogP contribution in [0.25, 0.3) is 0 Å². The van der Waals surface area contributed by atoms with E-state index in [0.717, 1.165) is 12.8 Å². The third-order valence-electron chi connectivity index (χ3n) is 6.36. The van der Waals surface area contributed by atoms with Crippen molar-refractivity contribution in [2.45, 2.75) is 44.2 Å². The van der Waals surface area contributed by atoms with Crippen molar-refractivity contribution in [1.82, 2.24) is 10.2 Å². The van der Waals surface area contributed by atoms with E-state index < -0.39 is 23.5 Å². The molecule has 2 aliphatic rings. The first-order chi connectivity index (χ1) is 15.5. The van der Waals surface area contributed by atoms with E-state index in [-0.39, 0.29) is 24.8 Å². The Labute approximate surface area is 186 Å². The number of methoxy groups -OCH3 is 1. The number of amides is 2. The van der Waals surface area contributed by atoms with Gasteiger partial charge in [-0.05, 0) is 62.9 Å². The van der Waals surface area contributed by atoms with Crippen LogP contribution in [-0.2, 0) is 14.3 Å². The summed E-state index contributed by atoms with van der Waals surface area (Å²) in [5, 5.41) is 2.95. The maximum Gasteiger partial charge on any atom is 0.311 e. The molecule has 0 unspecified atom stereocenters. The average Bonchev–Trinajstić information content (AvgIpc) is 3.40. The zero-order valence-corrected chi connectivity index (χ0v) is 18.3. The molecule has 8 heteroatoms. The Morgan fingerprint density at radius 1 is 1.25 bits per heavy atom. The lowest BCUT2D eigenvalue weighted by Gasteiger charge is -2.38. The second kappa shape index (κ2) is 9.06. The van der Waals surface area contributed by atoms with E-state index >= 15 is 0 Å². The second-order valence-electron chi connectivity index (χ2n) is 8.17. The van der Waals surface area contributed by atoms with Gasteiger partial charge < -0.3 is 24.1 Å². The van der Waals surface area contributed by atoms with Crippen molar-refractivity contribution >= 4 is 17.8 Å². The van der Waals surface area contributed by atoms with Crippen molar-refractivity contribution in [1.29, 1.82) is 0 Å². The van der Waals surface area contributed by atoms with Crippen molar-refractivity contribution in [2.24, 2.45) is 5.92 Å². The van der Waals surface area contributed by atoms with Crippen LogP contribution in [0.15, 0.2) is 47.1 Å². The predicted octanol–water partition coefficient (Wildman–Crippen LogP) is 3.09. The minimum atomic E-state index is -1.18. The molecule has 0 aliphatic carbocycles. The fourth-order valence-electron chi connectivity index (χ4n) is 4.93. The van der Waals surface area contributed by atoms with Gasteiger partial charge in [0.1, 0.15) is 23.1 Å². The second-order valence-corrected chi connectivity index (χ2v) is 8.17. The molecule has 1 aromatic heterocycles. The number of hydrogen-bond acceptors (Lipinski definition) is 6. The van der Waals surface area contributed by atoms with Gasteiger partial charge in [0.2, 0.25) is 5.91 Å². The van der Waals surface area contributed by atoms with Gasteiger partial charge in [0, 0.05) is 12.1 Å². The van der Waals surface area contributed by atoms with Crippen molar-refractivity contribution < 1.29 is 28.3 Å². The van der Waals surface area contributed by atoms with Crippen LogP contribution in [0.4, 0.5) is 0 Å². The number of likely N-dealkylation sites (tertiary alicyclic amines) is 1. The lowest BCUT2D eigenvalue weighted by molar-refractivity contribution is -0.149. The number of ether oxygens (including phenoxy) is 2. The lowest BCUT2D eigenvalue weighted by Crippen LogP contribution is -2.57. The highest BCUT2D eigenvalue weighted by Crippen LogP contribution is 2.51. The smallest absolute Gasteiger partial charge is 0.311 e. The van der Waals surface area contributed by atoms with Gasteiger partial charge in [-0.2, -0.15) is 0 Å². The Morgan fingerprint density at radius 3 is 2.81 bits per heavy atom. The van der Waals surface area contributed by atoms with Crippen LogP contribution >= 0.6 is 0 Å². The molecular formula is C24H28N2O6. The number of nitrogens with one attached hydrogen (secondary N) is 1. The normalized spacial score (nSPS) is 25.3. The minimum Gasteiger partial charge on any atom is -0.497 e. The molecule has 4 rings (SSSR count). The summed E-state index contributed by atoms with van der Waals surface area (Å²) < 4.78 is 16.3. The first kappa shape index (κ1) is 21.9. The predicted molar refractivity (Wildman–Crippen MR) is 115 cm³/mol. The molecule has 0 saturated carbocycles. The van der Waals surface area contributed by atoms with Gasteiger partial charge in [-0.1, -0.05) is 6.07 Å². The molecule has 1 spiro atoms. The Kier molecular flexibility index (Phi) is 6.21. The Morgan fingerprint density at radius 2 is 2.09 bits per heavy atom. The summed E-state index contributed by atoms with van der Waals surface area (Å²) in [5.74, 6) is -0.770. The molecule has 3 heterocycles. The van der Waals surface area contributed by atoms with Crippen LogP contribution in [-0.4, -0.2) is 48.5 Å². The third-order valence-corrected chi connectivity index (χ3v) is 6.36. The van der Waals surface area contributed by atoms with E-state index in [2.05, 4.69) is 5.32 Å². The summed E-state index contributed by atoms with van der Waals surface area (Å²) in [6.45, 7) is 2.49. The summed E-state index contributed by atoms with van der Waals surface area (Å²) >= 11 is 0. The molecular weight excluding hydrogens is 412 g/mol. The van der Waals surface area contributed by atoms with E-state index in [4.69, 9.17) is 13.9 Å². The number of rotatable bonds is 5. The maximum absolute atomic E-state index is 14.0. The SMILES string of the molecule is CCOC(=O)[C@H]1C[C@]2(CCCCNC2=O)N(C(=O)c2cccc(OC)c2)[C@H]1c1ccco1. The highest BCUT2D eigenvalue weighted by molar-refractivity contribution is 6.01. The molecule has 8 nitrogen and oxygen atoms in total. The maximum atomic E-state index is 14.0. The summed E-state index contributed by atoms with van der Waals surface area (Å²) in [5.41, 5.74) is -0.798. The molecule has 0 bridgehead atoms. The lowest BCUT2D eigenvalue weighted by atomic mass is 9.86. The van der Waals surface area contributed by atoms with Gasteiger partial charge in [0.05, 0.1) is 25.9 Å². The van der Waals surface area contributed by atoms with Crippen LogP contribution in [0, 0.1) is 5.92 Å². The third kappa shape index (κ3) is 3.74. The molecule has 2 aliphatic heterocycles. The number of hydrogen-bond donors (Lipinski definition) is 1. The van der Waals surface area contributed by atoms with Crippen LogP contribution < -0.4 is 10.1 Å². The zero-order valence-electron chi connectivity index (χ0n) is 18.3. The standard InChI is InChI=1S/C24H28N2O6/c1-3-31-22(28)18-15-24(11-4-5-12-25-23(24)29)26(20(18)19-10-7-13-32-19)21(27)16-8-6-9-17(14-16)30-2/h6-10,13-14,18,20H,3-5,11-12,15H2,1-2H3,(H,25,29)/t18-,20+,24-/m0/s1. The molecule has 2 amide bonds. The van der Waals surface area contributed by atoms with Gasteiger partial charge in [0.15, 0.2) is 0 Å². The number of carbonyl (C=O) groups excluding carboxylic acids is 3. The Bertz CT molecular complexity index is 988. The van der Waals surface area contributed by atoms with E-state index in [1.54, 1.807) is 48.2 Å². The van der Waals surface area contributed by atoms with Gasteiger partial charge in [0.25, 0.3) is 5.91 Å². The molecule has 1 N–H and O–H groups in total. The summed E-state index contributed by atoms with van der Waals surface area (Å²) in [6, 6.07) is 9.49. The first-order valence-corrected chi connectivity index (χ1v) is 11.0. The first-order valence-electron chi connectivity index (χ1n) is 11.0. The van der Waals surface area contributed by atoms with Gasteiger partial charge >= 0.3 is 5.97 Å². The quantitative estimate of drug-likeness (QED) is 0.718. The monoisotopic (exact) mass is 440 g/mol. The summed E-state index contributed by atoms with van der Waals surface area (Å²) in [7, 11) is 1.53. The Balaban J connectivity index is 1.87. The summed E-state index contributed by atoms with van der Waals surface area (Å²) in [6.07, 6.45) is 3.70. The summed E-state index contributed by atoms with van der Waals surface area (Å²) in [4.78, 5) is 42.0. The highest BCUT2D eigenvalue weighted by Gasteiger charge is 2.61. The van der Waals surface area contributed by atoms with E-state index in [1.807, 2.05) is 0 Å². The number of esters is 1. The molecule has 3 atom stereocenters. The minimum absolute atomic E-state index is 0.179. The van der Waals surface area contributed by atoms with Crippen molar-refractivity contribution in [2.75, 3.05) is 20.3 Å². The molecule has 0 radical (unpaired) electrons. The molecule has 1 aromatic carbocycles. The average molecular weight is 440 g/mol. The van der Waals surface area contributed by atoms with Crippen molar-refractivity contribution in [3.8, 4) is 5.75 Å². The van der Waals surface area contributed by atoms with E-state index in [1.165, 1.54) is 13.4 Å². The van der Waals surface area contributed by atoms with Gasteiger partial charge in [-0.3, -0.25) is 14.4 Å². The van der Waals surface area contributed by atoms with Crippen LogP contribution in [0.3, 0.4) is 0 Å². The van der Waals surface area contributed by atoms with Crippen LogP contribution in [0.2, 0.25) is 0 Å². The molecule has 2 aromatic rings. The van der Waals surface area contributed by atoms with Crippen molar-refractivity contribution in [3.05, 3.63) is 54.0 Å². The Hall–Kier alpha value is -3.29. The molecule has 32 heavy (non-hydrogen) atoms. The fraction of sp³-hybridized carbons (Fsp3) is 0.458. The molecule has 2 saturated heterocycles. The van der Waals surface area contributed by atoms with Crippen LogP contribution in [0.5, 0.6) is 5.75 Å². The fourth-order valence-corrected chi connectivity index (χ4v) is 4.93. The number of furan rings is 1. The highest BCUT2D eigenvalue weighted by atomic mass is 16.5.